The summed E-state index contributed by atoms with van der Waals surface area (Å²) >= 11 is 3.51. The van der Waals surface area contributed by atoms with Gasteiger partial charge in [-0.05, 0) is 37.5 Å². The van der Waals surface area contributed by atoms with Gasteiger partial charge in [0.2, 0.25) is 0 Å². The number of β-amino-alcohol motifs (C(OH)–C–C–N with tert-alkyl or cyclic N) is 1. The van der Waals surface area contributed by atoms with Gasteiger partial charge in [-0.1, -0.05) is 11.8 Å². The van der Waals surface area contributed by atoms with Gasteiger partial charge in [-0.2, -0.15) is 0 Å². The van der Waals surface area contributed by atoms with Crippen molar-refractivity contribution in [1.82, 2.24) is 14.9 Å². The van der Waals surface area contributed by atoms with Crippen molar-refractivity contribution < 1.29 is 5.11 Å². The van der Waals surface area contributed by atoms with Crippen LogP contribution in [0.4, 0.5) is 5.82 Å². The first-order valence-electron chi connectivity index (χ1n) is 8.74. The minimum Gasteiger partial charge on any atom is -0.395 e. The third kappa shape index (κ3) is 3.03. The summed E-state index contributed by atoms with van der Waals surface area (Å²) in [5.74, 6) is 1.15. The summed E-state index contributed by atoms with van der Waals surface area (Å²) in [5.41, 5.74) is 1.52. The van der Waals surface area contributed by atoms with Gasteiger partial charge in [-0.25, -0.2) is 9.97 Å². The lowest BCUT2D eigenvalue weighted by atomic mass is 9.97. The summed E-state index contributed by atoms with van der Waals surface area (Å²) in [5, 5.41) is 11.3. The average molecular weight is 365 g/mol. The summed E-state index contributed by atoms with van der Waals surface area (Å²) in [6.45, 7) is 4.96. The number of fused-ring (bicyclic) bond motifs is 3. The molecule has 0 aromatic carbocycles. The Morgan fingerprint density at radius 2 is 1.92 bits per heavy atom. The number of aliphatic hydroxyl groups is 1. The number of hydrogen-bond donors (Lipinski definition) is 1. The molecule has 0 atom stereocenters. The van der Waals surface area contributed by atoms with Gasteiger partial charge in [0.1, 0.15) is 10.6 Å². The first kappa shape index (κ1) is 16.6. The predicted molar refractivity (Wildman–Crippen MR) is 102 cm³/mol. The van der Waals surface area contributed by atoms with Gasteiger partial charge in [0.15, 0.2) is 5.16 Å². The molecule has 1 aliphatic heterocycles. The number of piperazine rings is 1. The van der Waals surface area contributed by atoms with E-state index >= 15 is 0 Å². The number of nitrogens with zero attached hydrogens (tertiary/aromatic N) is 4. The summed E-state index contributed by atoms with van der Waals surface area (Å²) in [7, 11) is 0. The SMILES string of the molecule is CSc1nc(N2CCN(CCO)CC2)c2c3c(sc2n1)CCCC3. The minimum atomic E-state index is 0.242. The molecule has 0 spiro atoms. The molecule has 130 valence electrons. The zero-order chi connectivity index (χ0) is 16.5. The van der Waals surface area contributed by atoms with Crippen LogP contribution in [0.5, 0.6) is 0 Å². The second-order valence-electron chi connectivity index (χ2n) is 6.48. The largest absolute Gasteiger partial charge is 0.395 e. The van der Waals surface area contributed by atoms with Crippen LogP contribution in [0.15, 0.2) is 5.16 Å². The zero-order valence-corrected chi connectivity index (χ0v) is 15.8. The van der Waals surface area contributed by atoms with Crippen molar-refractivity contribution in [3.05, 3.63) is 10.4 Å². The third-order valence-electron chi connectivity index (χ3n) is 5.05. The molecule has 3 heterocycles. The van der Waals surface area contributed by atoms with Crippen molar-refractivity contribution in [2.45, 2.75) is 30.8 Å². The molecule has 1 fully saturated rings. The molecule has 5 nitrogen and oxygen atoms in total. The van der Waals surface area contributed by atoms with E-state index in [0.717, 1.165) is 43.7 Å². The first-order chi connectivity index (χ1) is 11.8. The molecule has 24 heavy (non-hydrogen) atoms. The average Bonchev–Trinajstić information content (AvgIpc) is 3.00. The molecule has 1 saturated heterocycles. The van der Waals surface area contributed by atoms with Crippen molar-refractivity contribution in [1.29, 1.82) is 0 Å². The fourth-order valence-corrected chi connectivity index (χ4v) is 5.44. The molecule has 2 aromatic rings. The summed E-state index contributed by atoms with van der Waals surface area (Å²) in [6.07, 6.45) is 7.02. The van der Waals surface area contributed by atoms with Crippen LogP contribution in [0.25, 0.3) is 10.2 Å². The molecule has 1 aliphatic carbocycles. The molecular weight excluding hydrogens is 340 g/mol. The van der Waals surface area contributed by atoms with Gasteiger partial charge in [0.05, 0.1) is 12.0 Å². The molecule has 0 unspecified atom stereocenters. The maximum Gasteiger partial charge on any atom is 0.190 e. The van der Waals surface area contributed by atoms with Gasteiger partial charge >= 0.3 is 0 Å². The van der Waals surface area contributed by atoms with Crippen molar-refractivity contribution in [2.75, 3.05) is 50.5 Å². The van der Waals surface area contributed by atoms with Crippen LogP contribution in [0, 0.1) is 0 Å². The Morgan fingerprint density at radius 3 is 2.67 bits per heavy atom. The highest BCUT2D eigenvalue weighted by molar-refractivity contribution is 7.98. The van der Waals surface area contributed by atoms with Crippen LogP contribution in [0.1, 0.15) is 23.3 Å². The Bertz CT molecular complexity index is 725. The van der Waals surface area contributed by atoms with Crippen molar-refractivity contribution in [2.24, 2.45) is 0 Å². The van der Waals surface area contributed by atoms with E-state index in [2.05, 4.69) is 16.1 Å². The quantitative estimate of drug-likeness (QED) is 0.664. The molecule has 1 N–H and O–H groups in total. The van der Waals surface area contributed by atoms with Gasteiger partial charge in [-0.15, -0.1) is 11.3 Å². The van der Waals surface area contributed by atoms with Crippen LogP contribution in [0.3, 0.4) is 0 Å². The van der Waals surface area contributed by atoms with Gasteiger partial charge in [-0.3, -0.25) is 4.90 Å². The number of hydrogen-bond acceptors (Lipinski definition) is 7. The number of anilines is 1. The van der Waals surface area contributed by atoms with Crippen LogP contribution < -0.4 is 4.90 Å². The fourth-order valence-electron chi connectivity index (χ4n) is 3.76. The van der Waals surface area contributed by atoms with E-state index in [1.807, 2.05) is 11.3 Å². The molecule has 0 radical (unpaired) electrons. The Labute approximate surface area is 151 Å². The number of aromatic nitrogens is 2. The van der Waals surface area contributed by atoms with Crippen molar-refractivity contribution in [3.8, 4) is 0 Å². The Kier molecular flexibility index (Phi) is 4.94. The van der Waals surface area contributed by atoms with E-state index in [4.69, 9.17) is 15.1 Å². The third-order valence-corrected chi connectivity index (χ3v) is 6.78. The standard InChI is InChI=1S/C17H24N4OS2/c1-23-17-18-15(21-8-6-20(7-9-21)10-11-22)14-12-4-2-3-5-13(12)24-16(14)19-17/h22H,2-11H2,1H3. The zero-order valence-electron chi connectivity index (χ0n) is 14.1. The number of rotatable bonds is 4. The summed E-state index contributed by atoms with van der Waals surface area (Å²) in [6, 6.07) is 0. The maximum absolute atomic E-state index is 9.14. The lowest BCUT2D eigenvalue weighted by molar-refractivity contribution is 0.188. The van der Waals surface area contributed by atoms with E-state index < -0.39 is 0 Å². The molecule has 2 aliphatic rings. The van der Waals surface area contributed by atoms with Crippen LogP contribution in [-0.2, 0) is 12.8 Å². The highest BCUT2D eigenvalue weighted by Crippen LogP contribution is 2.40. The van der Waals surface area contributed by atoms with Crippen molar-refractivity contribution >= 4 is 39.1 Å². The molecule has 0 bridgehead atoms. The number of thioether (sulfide) groups is 1. The van der Waals surface area contributed by atoms with E-state index in [1.165, 1.54) is 46.3 Å². The highest BCUT2D eigenvalue weighted by atomic mass is 32.2. The highest BCUT2D eigenvalue weighted by Gasteiger charge is 2.25. The normalized spacial score (nSPS) is 19.0. The Balaban J connectivity index is 1.72. The maximum atomic E-state index is 9.14. The van der Waals surface area contributed by atoms with E-state index in [-0.39, 0.29) is 6.61 Å². The van der Waals surface area contributed by atoms with Gasteiger partial charge in [0.25, 0.3) is 0 Å². The molecule has 2 aromatic heterocycles. The van der Waals surface area contributed by atoms with Gasteiger partial charge < -0.3 is 10.0 Å². The molecule has 4 rings (SSSR count). The lowest BCUT2D eigenvalue weighted by Crippen LogP contribution is -2.47. The predicted octanol–water partition coefficient (Wildman–Crippen LogP) is 2.41. The van der Waals surface area contributed by atoms with Crippen molar-refractivity contribution in [3.63, 3.8) is 0 Å². The first-order valence-corrected chi connectivity index (χ1v) is 10.8. The van der Waals surface area contributed by atoms with E-state index in [0.29, 0.717) is 0 Å². The molecular formula is C17H24N4OS2. The van der Waals surface area contributed by atoms with Crippen LogP contribution in [-0.4, -0.2) is 65.6 Å². The van der Waals surface area contributed by atoms with Gasteiger partial charge in [0, 0.05) is 37.6 Å². The van der Waals surface area contributed by atoms with E-state index in [1.54, 1.807) is 11.8 Å². The van der Waals surface area contributed by atoms with Crippen LogP contribution >= 0.6 is 23.1 Å². The second kappa shape index (κ2) is 7.15. The molecule has 7 heteroatoms. The summed E-state index contributed by atoms with van der Waals surface area (Å²) < 4.78 is 0. The topological polar surface area (TPSA) is 52.5 Å². The molecule has 0 saturated carbocycles. The number of aliphatic hydroxyl groups excluding tert-OH is 1. The Morgan fingerprint density at radius 1 is 1.12 bits per heavy atom. The minimum absolute atomic E-state index is 0.242. The number of aryl methyl sites for hydroxylation is 2. The lowest BCUT2D eigenvalue weighted by Gasteiger charge is -2.35. The summed E-state index contributed by atoms with van der Waals surface area (Å²) in [4.78, 5) is 17.2. The fraction of sp³-hybridized carbons (Fsp3) is 0.647. The monoisotopic (exact) mass is 364 g/mol. The second-order valence-corrected chi connectivity index (χ2v) is 8.33. The molecule has 0 amide bonds. The smallest absolute Gasteiger partial charge is 0.190 e. The Hall–Kier alpha value is -0.890. The van der Waals surface area contributed by atoms with E-state index in [9.17, 15) is 0 Å². The van der Waals surface area contributed by atoms with Crippen LogP contribution in [0.2, 0.25) is 0 Å². The number of thiophene rings is 1.